The van der Waals surface area contributed by atoms with Gasteiger partial charge in [-0.2, -0.15) is 5.09 Å². The highest BCUT2D eigenvalue weighted by Gasteiger charge is 2.55. The second kappa shape index (κ2) is 13.1. The summed E-state index contributed by atoms with van der Waals surface area (Å²) in [5, 5.41) is 17.1. The molecule has 2 heterocycles. The van der Waals surface area contributed by atoms with Gasteiger partial charge in [-0.1, -0.05) is 17.2 Å². The third-order valence-corrected chi connectivity index (χ3v) is 7.66. The number of nitrogens with one attached hydrogen (secondary N) is 2. The van der Waals surface area contributed by atoms with Gasteiger partial charge in [0.1, 0.15) is 29.0 Å². The zero-order chi connectivity index (χ0) is 30.4. The minimum absolute atomic E-state index is 0.0354. The van der Waals surface area contributed by atoms with Crippen LogP contribution in [0.25, 0.3) is 10.4 Å². The number of aliphatic hydroxyl groups excluding tert-OH is 1. The molecule has 1 aliphatic rings. The van der Waals surface area contributed by atoms with E-state index in [0.29, 0.717) is 0 Å². The van der Waals surface area contributed by atoms with Gasteiger partial charge in [0.05, 0.1) is 26.4 Å². The molecule has 0 spiro atoms. The molecule has 3 rings (SSSR count). The molecule has 17 nitrogen and oxygen atoms in total. The number of methoxy groups -OCH3 is 1. The Labute approximate surface area is 232 Å². The first-order chi connectivity index (χ1) is 19.4. The fourth-order valence-electron chi connectivity index (χ4n) is 3.97. The summed E-state index contributed by atoms with van der Waals surface area (Å²) < 4.78 is 41.4. The molecule has 0 saturated carbocycles. The molecule has 3 N–H and O–H groups in total. The maximum atomic E-state index is 13.9. The average Bonchev–Trinajstić information content (AvgIpc) is 3.17. The minimum Gasteiger partial charge on any atom is -0.465 e. The van der Waals surface area contributed by atoms with Crippen LogP contribution in [-0.4, -0.2) is 70.7 Å². The maximum Gasteiger partial charge on any atom is 0.459 e. The highest BCUT2D eigenvalue weighted by molar-refractivity contribution is 7.52. The summed E-state index contributed by atoms with van der Waals surface area (Å²) in [6, 6.07) is 5.47. The standard InChI is InChI=1S/C23H29N6O11P/c1-5-37-19(32)13(2)26-41(35,40-15-9-7-6-8-14(15)20(33)36-4)38-12-16-18(31)23(3,27-28-24)21(39-16)29-11-10-17(30)25-22(29)34/h6-11,13,16,18,21,31H,5,12H2,1-4H3,(H,26,35)(H,25,30,34)/t13-,16+,18+,21?,23+,41?/m0/s1. The van der Waals surface area contributed by atoms with E-state index in [1.807, 2.05) is 4.98 Å². The Morgan fingerprint density at radius 1 is 1.34 bits per heavy atom. The van der Waals surface area contributed by atoms with Gasteiger partial charge >= 0.3 is 25.4 Å². The minimum atomic E-state index is -4.57. The number of hydrogen-bond donors (Lipinski definition) is 3. The number of aromatic nitrogens is 2. The van der Waals surface area contributed by atoms with Crippen molar-refractivity contribution >= 4 is 19.7 Å². The summed E-state index contributed by atoms with van der Waals surface area (Å²) in [7, 11) is -3.43. The number of aromatic amines is 1. The second-order valence-electron chi connectivity index (χ2n) is 8.88. The van der Waals surface area contributed by atoms with Crippen LogP contribution in [0.3, 0.4) is 0 Å². The monoisotopic (exact) mass is 596 g/mol. The molecule has 2 unspecified atom stereocenters. The van der Waals surface area contributed by atoms with E-state index in [4.69, 9.17) is 28.8 Å². The lowest BCUT2D eigenvalue weighted by atomic mass is 9.93. The number of hydrogen-bond acceptors (Lipinski definition) is 12. The number of nitrogens with zero attached hydrogens (tertiary/aromatic N) is 4. The van der Waals surface area contributed by atoms with Crippen LogP contribution in [0.4, 0.5) is 0 Å². The molecule has 0 amide bonds. The van der Waals surface area contributed by atoms with Crippen LogP contribution in [0, 0.1) is 0 Å². The number of benzene rings is 1. The van der Waals surface area contributed by atoms with Crippen molar-refractivity contribution in [2.45, 2.75) is 50.8 Å². The van der Waals surface area contributed by atoms with E-state index in [1.165, 1.54) is 38.1 Å². The lowest BCUT2D eigenvalue weighted by Gasteiger charge is -2.28. The van der Waals surface area contributed by atoms with E-state index < -0.39 is 67.6 Å². The molecular weight excluding hydrogens is 567 g/mol. The largest absolute Gasteiger partial charge is 0.465 e. The molecule has 2 aromatic rings. The molecule has 1 aromatic carbocycles. The van der Waals surface area contributed by atoms with Gasteiger partial charge in [-0.15, -0.1) is 0 Å². The summed E-state index contributed by atoms with van der Waals surface area (Å²) in [6.07, 6.45) is -3.33. The number of H-pyrrole nitrogens is 1. The van der Waals surface area contributed by atoms with E-state index in [9.17, 15) is 28.8 Å². The van der Waals surface area contributed by atoms with Crippen molar-refractivity contribution in [3.05, 3.63) is 73.4 Å². The molecule has 1 saturated heterocycles. The van der Waals surface area contributed by atoms with Crippen LogP contribution in [0.2, 0.25) is 0 Å². The Hall–Kier alpha value is -3.98. The summed E-state index contributed by atoms with van der Waals surface area (Å²) >= 11 is 0. The Morgan fingerprint density at radius 3 is 2.68 bits per heavy atom. The fourth-order valence-corrected chi connectivity index (χ4v) is 5.49. The number of esters is 2. The van der Waals surface area contributed by atoms with Crippen LogP contribution < -0.4 is 20.9 Å². The van der Waals surface area contributed by atoms with E-state index >= 15 is 0 Å². The van der Waals surface area contributed by atoms with Gasteiger partial charge in [-0.25, -0.2) is 14.2 Å². The van der Waals surface area contributed by atoms with Crippen molar-refractivity contribution < 1.29 is 42.5 Å². The second-order valence-corrected chi connectivity index (χ2v) is 10.6. The predicted molar refractivity (Wildman–Crippen MR) is 140 cm³/mol. The SMILES string of the molecule is CCOC(=O)[C@H](C)NP(=O)(OC[C@H]1OC(n2ccc(=O)[nH]c2=O)[C@](C)(N=[N+]=[N-])[C@@H]1O)Oc1ccccc1C(=O)OC. The molecule has 41 heavy (non-hydrogen) atoms. The Bertz CT molecular complexity index is 1490. The van der Waals surface area contributed by atoms with Crippen LogP contribution in [-0.2, 0) is 28.1 Å². The highest BCUT2D eigenvalue weighted by Crippen LogP contribution is 2.48. The first-order valence-corrected chi connectivity index (χ1v) is 13.7. The molecule has 1 aliphatic heterocycles. The van der Waals surface area contributed by atoms with Crippen molar-refractivity contribution in [2.24, 2.45) is 5.11 Å². The summed E-state index contributed by atoms with van der Waals surface area (Å²) in [5.74, 6) is -1.80. The lowest BCUT2D eigenvalue weighted by Crippen LogP contribution is -2.45. The predicted octanol–water partition coefficient (Wildman–Crippen LogP) is 1.40. The molecule has 222 valence electrons. The smallest absolute Gasteiger partial charge is 0.459 e. The van der Waals surface area contributed by atoms with Crippen LogP contribution >= 0.6 is 7.75 Å². The van der Waals surface area contributed by atoms with Gasteiger partial charge in [0.2, 0.25) is 0 Å². The fraction of sp³-hybridized carbons (Fsp3) is 0.478. The highest BCUT2D eigenvalue weighted by atomic mass is 31.2. The first-order valence-electron chi connectivity index (χ1n) is 12.2. The Morgan fingerprint density at radius 2 is 2.05 bits per heavy atom. The number of azide groups is 1. The molecule has 0 aliphatic carbocycles. The number of rotatable bonds is 12. The summed E-state index contributed by atoms with van der Waals surface area (Å²) in [6.45, 7) is 3.57. The molecular formula is C23H29N6O11P. The van der Waals surface area contributed by atoms with Crippen molar-refractivity contribution in [1.29, 1.82) is 0 Å². The van der Waals surface area contributed by atoms with Gasteiger partial charge in [0, 0.05) is 17.2 Å². The number of ether oxygens (including phenoxy) is 3. The third-order valence-electron chi connectivity index (χ3n) is 6.03. The van der Waals surface area contributed by atoms with E-state index in [1.54, 1.807) is 6.92 Å². The van der Waals surface area contributed by atoms with Gasteiger partial charge < -0.3 is 23.8 Å². The van der Waals surface area contributed by atoms with E-state index in [0.717, 1.165) is 23.9 Å². The van der Waals surface area contributed by atoms with Crippen LogP contribution in [0.5, 0.6) is 5.75 Å². The van der Waals surface area contributed by atoms with Crippen molar-refractivity contribution in [3.63, 3.8) is 0 Å². The van der Waals surface area contributed by atoms with Gasteiger partial charge in [-0.05, 0) is 38.4 Å². The lowest BCUT2D eigenvalue weighted by molar-refractivity contribution is -0.144. The third kappa shape index (κ3) is 7.03. The molecule has 18 heteroatoms. The Balaban J connectivity index is 1.94. The summed E-state index contributed by atoms with van der Waals surface area (Å²) in [5.41, 5.74) is 5.65. The van der Waals surface area contributed by atoms with Crippen molar-refractivity contribution in [3.8, 4) is 5.75 Å². The number of carbonyl (C=O) groups is 2. The van der Waals surface area contributed by atoms with Crippen LogP contribution in [0.15, 0.2) is 51.2 Å². The van der Waals surface area contributed by atoms with Gasteiger partial charge in [0.25, 0.3) is 5.56 Å². The zero-order valence-electron chi connectivity index (χ0n) is 22.5. The molecule has 0 bridgehead atoms. The number of carbonyl (C=O) groups excluding carboxylic acids is 2. The molecule has 0 radical (unpaired) electrons. The molecule has 1 aromatic heterocycles. The maximum absolute atomic E-state index is 13.9. The van der Waals surface area contributed by atoms with Crippen LogP contribution in [0.1, 0.15) is 37.4 Å². The Kier molecular flexibility index (Phi) is 10.1. The topological polar surface area (TPSA) is 233 Å². The average molecular weight is 596 g/mol. The molecule has 1 fully saturated rings. The van der Waals surface area contributed by atoms with Crippen molar-refractivity contribution in [2.75, 3.05) is 20.3 Å². The quantitative estimate of drug-likeness (QED) is 0.104. The summed E-state index contributed by atoms with van der Waals surface area (Å²) in [4.78, 5) is 53.2. The molecule has 6 atom stereocenters. The van der Waals surface area contributed by atoms with E-state index in [-0.39, 0.29) is 17.9 Å². The van der Waals surface area contributed by atoms with E-state index in [2.05, 4.69) is 15.1 Å². The van der Waals surface area contributed by atoms with Gasteiger partial charge in [-0.3, -0.25) is 23.7 Å². The number of aliphatic hydroxyl groups is 1. The first kappa shape index (κ1) is 31.5. The normalized spacial score (nSPS) is 24.0. The van der Waals surface area contributed by atoms with Gasteiger partial charge in [0.15, 0.2) is 6.23 Å². The number of para-hydroxylation sites is 1. The van der Waals surface area contributed by atoms with Crippen molar-refractivity contribution in [1.82, 2.24) is 14.6 Å². The zero-order valence-corrected chi connectivity index (χ0v) is 23.3.